The number of carbonyl (C=O) groups is 2. The predicted molar refractivity (Wildman–Crippen MR) is 44.4 cm³/mol. The molecule has 3 N–H and O–H groups in total. The quantitative estimate of drug-likeness (QED) is 0.418. The first-order valence-corrected chi connectivity index (χ1v) is 4.95. The number of hydrogen-bond donors (Lipinski definition) is 3. The van der Waals surface area contributed by atoms with Crippen molar-refractivity contribution >= 4 is 22.1 Å². The first kappa shape index (κ1) is 12.6. The molecule has 0 heterocycles. The van der Waals surface area contributed by atoms with E-state index in [-0.39, 0.29) is 0 Å². The molecule has 0 bridgehead atoms. The van der Waals surface area contributed by atoms with Crippen molar-refractivity contribution in [2.24, 2.45) is 0 Å². The van der Waals surface area contributed by atoms with Gasteiger partial charge >= 0.3 is 11.9 Å². The largest absolute Gasteiger partial charge is 0.478 e. The average molecular weight is 224 g/mol. The molecule has 7 nitrogen and oxygen atoms in total. The van der Waals surface area contributed by atoms with Crippen molar-refractivity contribution < 1.29 is 32.8 Å². The van der Waals surface area contributed by atoms with Gasteiger partial charge in [0.05, 0.1) is 5.75 Å². The van der Waals surface area contributed by atoms with Gasteiger partial charge in [0.15, 0.2) is 0 Å². The molecule has 0 aliphatic carbocycles. The van der Waals surface area contributed by atoms with Gasteiger partial charge in [0.25, 0.3) is 10.1 Å². The molecule has 0 radical (unpaired) electrons. The molecular weight excluding hydrogens is 216 g/mol. The summed E-state index contributed by atoms with van der Waals surface area (Å²) in [4.78, 5) is 20.4. The molecule has 8 heteroatoms. The molecule has 0 aliphatic heterocycles. The number of rotatable bonds is 5. The molecule has 0 aliphatic rings. The molecular formula is C6H8O7S. The minimum atomic E-state index is -4.29. The highest BCUT2D eigenvalue weighted by Gasteiger charge is 2.13. The van der Waals surface area contributed by atoms with Crippen molar-refractivity contribution in [1.29, 1.82) is 0 Å². The Kier molecular flexibility index (Phi) is 4.25. The summed E-state index contributed by atoms with van der Waals surface area (Å²) >= 11 is 0. The van der Waals surface area contributed by atoms with Gasteiger partial charge in [-0.25, -0.2) is 9.59 Å². The van der Waals surface area contributed by atoms with Crippen LogP contribution in [-0.2, 0) is 19.7 Å². The molecule has 0 saturated heterocycles. The molecule has 0 saturated carbocycles. The first-order chi connectivity index (χ1) is 6.22. The molecule has 0 unspecified atom stereocenters. The number of carboxylic acids is 2. The van der Waals surface area contributed by atoms with E-state index in [1.807, 2.05) is 0 Å². The van der Waals surface area contributed by atoms with E-state index in [0.717, 1.165) is 0 Å². The Morgan fingerprint density at radius 3 is 2.00 bits per heavy atom. The second-order valence-corrected chi connectivity index (χ2v) is 3.92. The van der Waals surface area contributed by atoms with Crippen LogP contribution in [0.25, 0.3) is 0 Å². The third kappa shape index (κ3) is 6.14. The van der Waals surface area contributed by atoms with E-state index in [1.54, 1.807) is 0 Å². The van der Waals surface area contributed by atoms with E-state index in [4.69, 9.17) is 14.8 Å². The lowest BCUT2D eigenvalue weighted by Crippen LogP contribution is -2.10. The Balaban J connectivity index is 4.57. The van der Waals surface area contributed by atoms with Gasteiger partial charge < -0.3 is 10.2 Å². The fourth-order valence-electron chi connectivity index (χ4n) is 0.629. The van der Waals surface area contributed by atoms with Crippen LogP contribution in [0.4, 0.5) is 0 Å². The third-order valence-corrected chi connectivity index (χ3v) is 1.92. The maximum absolute atomic E-state index is 10.3. The van der Waals surface area contributed by atoms with Crippen molar-refractivity contribution in [1.82, 2.24) is 0 Å². The molecule has 0 amide bonds. The number of aliphatic carboxylic acids is 2. The van der Waals surface area contributed by atoms with E-state index in [9.17, 15) is 18.0 Å². The highest BCUT2D eigenvalue weighted by Crippen LogP contribution is 2.03. The molecule has 80 valence electrons. The van der Waals surface area contributed by atoms with Crippen LogP contribution in [-0.4, -0.2) is 40.9 Å². The minimum absolute atomic E-state index is 0.382. The topological polar surface area (TPSA) is 129 Å². The van der Waals surface area contributed by atoms with E-state index < -0.39 is 39.8 Å². The summed E-state index contributed by atoms with van der Waals surface area (Å²) in [6, 6.07) is 0. The van der Waals surface area contributed by atoms with E-state index in [1.165, 1.54) is 0 Å². The fourth-order valence-corrected chi connectivity index (χ4v) is 1.11. The summed E-state index contributed by atoms with van der Waals surface area (Å²) in [7, 11) is -4.29. The van der Waals surface area contributed by atoms with Gasteiger partial charge in [-0.3, -0.25) is 4.55 Å². The maximum atomic E-state index is 10.3. The zero-order chi connectivity index (χ0) is 11.4. The van der Waals surface area contributed by atoms with Gasteiger partial charge in [-0.2, -0.15) is 8.42 Å². The van der Waals surface area contributed by atoms with Crippen LogP contribution in [0.3, 0.4) is 0 Å². The number of carboxylic acid groups (broad SMARTS) is 2. The lowest BCUT2D eigenvalue weighted by atomic mass is 10.2. The van der Waals surface area contributed by atoms with Crippen molar-refractivity contribution in [3.63, 3.8) is 0 Å². The Morgan fingerprint density at radius 2 is 1.71 bits per heavy atom. The first-order valence-electron chi connectivity index (χ1n) is 3.34. The summed E-state index contributed by atoms with van der Waals surface area (Å²) < 4.78 is 28.8. The van der Waals surface area contributed by atoms with Gasteiger partial charge in [0.2, 0.25) is 0 Å². The van der Waals surface area contributed by atoms with Crippen LogP contribution < -0.4 is 0 Å². The van der Waals surface area contributed by atoms with Crippen molar-refractivity contribution in [2.45, 2.75) is 6.42 Å². The Bertz CT molecular complexity index is 364. The zero-order valence-corrected chi connectivity index (χ0v) is 7.69. The normalized spacial score (nSPS) is 12.5. The Morgan fingerprint density at radius 1 is 1.21 bits per heavy atom. The van der Waals surface area contributed by atoms with Crippen LogP contribution in [0.5, 0.6) is 0 Å². The van der Waals surface area contributed by atoms with E-state index in [2.05, 4.69) is 0 Å². The highest BCUT2D eigenvalue weighted by atomic mass is 32.2. The smallest absolute Gasteiger partial charge is 0.331 e. The molecule has 0 spiro atoms. The Labute approximate surface area is 79.4 Å². The van der Waals surface area contributed by atoms with Crippen LogP contribution in [0.15, 0.2) is 11.6 Å². The summed E-state index contributed by atoms with van der Waals surface area (Å²) in [6.45, 7) is 0. The zero-order valence-electron chi connectivity index (χ0n) is 6.87. The van der Waals surface area contributed by atoms with E-state index >= 15 is 0 Å². The molecule has 0 fully saturated rings. The number of hydrogen-bond acceptors (Lipinski definition) is 4. The summed E-state index contributed by atoms with van der Waals surface area (Å²) in [5.74, 6) is -3.84. The molecule has 0 aromatic rings. The maximum Gasteiger partial charge on any atom is 0.331 e. The summed E-state index contributed by atoms with van der Waals surface area (Å²) in [5.41, 5.74) is -0.588. The van der Waals surface area contributed by atoms with Gasteiger partial charge in [-0.05, 0) is 6.42 Å². The van der Waals surface area contributed by atoms with Crippen molar-refractivity contribution in [2.75, 3.05) is 5.75 Å². The fraction of sp³-hybridized carbons (Fsp3) is 0.333. The van der Waals surface area contributed by atoms with Crippen LogP contribution in [0, 0.1) is 0 Å². The molecule has 0 atom stereocenters. The SMILES string of the molecule is O=C(O)C=C(CCS(=O)(=O)O)C(=O)O. The second kappa shape index (κ2) is 4.72. The van der Waals surface area contributed by atoms with Crippen molar-refractivity contribution in [3.8, 4) is 0 Å². The van der Waals surface area contributed by atoms with Gasteiger partial charge in [0, 0.05) is 11.6 Å². The van der Waals surface area contributed by atoms with Crippen molar-refractivity contribution in [3.05, 3.63) is 11.6 Å². The lowest BCUT2D eigenvalue weighted by molar-refractivity contribution is -0.135. The summed E-state index contributed by atoms with van der Waals surface area (Å²) in [5, 5.41) is 16.6. The van der Waals surface area contributed by atoms with Gasteiger partial charge in [-0.15, -0.1) is 0 Å². The molecule has 14 heavy (non-hydrogen) atoms. The molecule has 0 aromatic carbocycles. The highest BCUT2D eigenvalue weighted by molar-refractivity contribution is 7.85. The average Bonchev–Trinajstić information content (AvgIpc) is 1.94. The Hall–Kier alpha value is -1.41. The lowest BCUT2D eigenvalue weighted by Gasteiger charge is -1.98. The molecule has 0 aromatic heterocycles. The summed E-state index contributed by atoms with van der Waals surface area (Å²) in [6.07, 6.45) is -0.173. The van der Waals surface area contributed by atoms with Crippen LogP contribution in [0.2, 0.25) is 0 Å². The third-order valence-electron chi connectivity index (χ3n) is 1.20. The second-order valence-electron chi connectivity index (χ2n) is 2.35. The van der Waals surface area contributed by atoms with Gasteiger partial charge in [0.1, 0.15) is 0 Å². The van der Waals surface area contributed by atoms with E-state index in [0.29, 0.717) is 6.08 Å². The standard InChI is InChI=1S/C6H8O7S/c7-5(8)3-4(6(9)10)1-2-14(11,12)13/h3H,1-2H2,(H,7,8)(H,9,10)(H,11,12,13). The minimum Gasteiger partial charge on any atom is -0.478 e. The predicted octanol–water partition coefficient (Wildman–Crippen LogP) is -0.640. The monoisotopic (exact) mass is 224 g/mol. The molecule has 0 rings (SSSR count). The van der Waals surface area contributed by atoms with Crippen LogP contribution in [0.1, 0.15) is 6.42 Å². The van der Waals surface area contributed by atoms with Gasteiger partial charge in [-0.1, -0.05) is 0 Å². The van der Waals surface area contributed by atoms with Crippen LogP contribution >= 0.6 is 0 Å².